The first-order chi connectivity index (χ1) is 19.0. The van der Waals surface area contributed by atoms with Gasteiger partial charge in [0.2, 0.25) is 5.91 Å². The van der Waals surface area contributed by atoms with Gasteiger partial charge in [-0.25, -0.2) is 0 Å². The molecule has 2 atom stereocenters. The Morgan fingerprint density at radius 3 is 2.59 bits per heavy atom. The van der Waals surface area contributed by atoms with Crippen LogP contribution in [0.1, 0.15) is 47.6 Å². The number of methoxy groups -OCH3 is 1. The topological polar surface area (TPSA) is 79.5 Å². The quantitative estimate of drug-likeness (QED) is 0.346. The molecule has 2 fully saturated rings. The summed E-state index contributed by atoms with van der Waals surface area (Å²) >= 11 is 0. The third-order valence-corrected chi connectivity index (χ3v) is 8.62. The van der Waals surface area contributed by atoms with Crippen LogP contribution in [0.5, 0.6) is 11.5 Å². The zero-order chi connectivity index (χ0) is 26.6. The van der Waals surface area contributed by atoms with E-state index in [0.29, 0.717) is 6.10 Å². The Bertz CT molecular complexity index is 1580. The molecule has 1 saturated heterocycles. The molecule has 2 N–H and O–H groups in total. The Hall–Kier alpha value is -4.10. The Kier molecular flexibility index (Phi) is 5.70. The molecule has 1 amide bonds. The zero-order valence-electron chi connectivity index (χ0n) is 22.2. The number of carbonyl (C=O) groups is 1. The number of rotatable bonds is 6. The van der Waals surface area contributed by atoms with Crippen LogP contribution in [0.2, 0.25) is 0 Å². The molecule has 1 saturated carbocycles. The maximum atomic E-state index is 13.0. The van der Waals surface area contributed by atoms with Crippen molar-refractivity contribution in [1.82, 2.24) is 15.1 Å². The summed E-state index contributed by atoms with van der Waals surface area (Å²) in [4.78, 5) is 15.4. The molecule has 1 aromatic heterocycles. The van der Waals surface area contributed by atoms with Crippen LogP contribution in [0.25, 0.3) is 23.1 Å². The summed E-state index contributed by atoms with van der Waals surface area (Å²) in [6.45, 7) is 2.18. The molecule has 198 valence electrons. The van der Waals surface area contributed by atoms with E-state index >= 15 is 0 Å². The van der Waals surface area contributed by atoms with E-state index in [1.54, 1.807) is 7.11 Å². The van der Waals surface area contributed by atoms with Gasteiger partial charge in [0, 0.05) is 30.1 Å². The number of benzene rings is 3. The van der Waals surface area contributed by atoms with Crippen LogP contribution in [0.3, 0.4) is 0 Å². The van der Waals surface area contributed by atoms with Crippen LogP contribution in [0, 0.1) is 0 Å². The second kappa shape index (κ2) is 9.27. The Morgan fingerprint density at radius 1 is 1.00 bits per heavy atom. The number of carbonyl (C=O) groups excluding carboxylic acids is 1. The van der Waals surface area contributed by atoms with Crippen LogP contribution in [0.4, 0.5) is 5.69 Å². The highest BCUT2D eigenvalue weighted by Gasteiger charge is 2.65. The predicted molar refractivity (Wildman–Crippen MR) is 153 cm³/mol. The van der Waals surface area contributed by atoms with Gasteiger partial charge in [-0.15, -0.1) is 0 Å². The molecule has 3 heterocycles. The molecule has 3 aliphatic rings. The molecule has 3 aromatic carbocycles. The lowest BCUT2D eigenvalue weighted by Gasteiger charge is -2.29. The third-order valence-electron chi connectivity index (χ3n) is 8.62. The maximum absolute atomic E-state index is 13.0. The number of piperidine rings is 1. The molecule has 7 nitrogen and oxygen atoms in total. The van der Waals surface area contributed by atoms with E-state index in [1.165, 1.54) is 0 Å². The Labute approximate surface area is 227 Å². The summed E-state index contributed by atoms with van der Waals surface area (Å²) in [7, 11) is 3.82. The number of amides is 1. The number of hydrogen-bond acceptors (Lipinski definition) is 5. The molecule has 39 heavy (non-hydrogen) atoms. The minimum Gasteiger partial charge on any atom is -0.497 e. The maximum Gasteiger partial charge on any atom is 0.235 e. The summed E-state index contributed by atoms with van der Waals surface area (Å²) in [6, 6.07) is 20.5. The summed E-state index contributed by atoms with van der Waals surface area (Å²) < 4.78 is 11.6. The van der Waals surface area contributed by atoms with Crippen molar-refractivity contribution in [3.05, 3.63) is 83.0 Å². The van der Waals surface area contributed by atoms with Crippen molar-refractivity contribution >= 4 is 34.6 Å². The van der Waals surface area contributed by atoms with Crippen LogP contribution < -0.4 is 14.8 Å². The second-order valence-corrected chi connectivity index (χ2v) is 11.0. The fourth-order valence-electron chi connectivity index (χ4n) is 6.23. The molecule has 2 aliphatic heterocycles. The molecule has 0 unspecified atom stereocenters. The predicted octanol–water partition coefficient (Wildman–Crippen LogP) is 5.59. The third kappa shape index (κ3) is 4.17. The van der Waals surface area contributed by atoms with Crippen LogP contribution in [-0.2, 0) is 10.2 Å². The lowest BCUT2D eigenvalue weighted by Crippen LogP contribution is -2.35. The highest BCUT2D eigenvalue weighted by atomic mass is 16.5. The number of anilines is 1. The molecule has 1 aliphatic carbocycles. The van der Waals surface area contributed by atoms with E-state index in [4.69, 9.17) is 9.47 Å². The fourth-order valence-corrected chi connectivity index (χ4v) is 6.23. The first-order valence-corrected chi connectivity index (χ1v) is 13.6. The standard InChI is InChI=1S/C32H32N4O3/c1-36-15-13-23(14-16-36)39-22-7-3-20(4-8-22)5-11-28-25-10-6-21(17-30(25)35-34-28)27-19-32(27)26-18-24(38-2)9-12-29(26)33-31(32)37/h3-12,17-18,23,27H,13-16,19H2,1-2H3,(H,33,37)(H,34,35)/t27-,32-/m0/s1. The molecule has 4 aromatic rings. The average molecular weight is 521 g/mol. The lowest BCUT2D eigenvalue weighted by molar-refractivity contribution is -0.118. The number of nitrogens with one attached hydrogen (secondary N) is 2. The highest BCUT2D eigenvalue weighted by Crippen LogP contribution is 2.65. The molecular weight excluding hydrogens is 488 g/mol. The lowest BCUT2D eigenvalue weighted by atomic mass is 9.91. The first-order valence-electron chi connectivity index (χ1n) is 13.6. The molecule has 0 radical (unpaired) electrons. The Morgan fingerprint density at radius 2 is 1.79 bits per heavy atom. The number of nitrogens with zero attached hydrogens (tertiary/aromatic N) is 2. The minimum absolute atomic E-state index is 0.0758. The first kappa shape index (κ1) is 24.0. The zero-order valence-corrected chi connectivity index (χ0v) is 22.2. The largest absolute Gasteiger partial charge is 0.497 e. The van der Waals surface area contributed by atoms with Crippen LogP contribution in [-0.4, -0.2) is 54.4 Å². The summed E-state index contributed by atoms with van der Waals surface area (Å²) in [5.41, 5.74) is 5.52. The van der Waals surface area contributed by atoms with Crippen molar-refractivity contribution in [2.75, 3.05) is 32.6 Å². The van der Waals surface area contributed by atoms with Gasteiger partial charge < -0.3 is 19.7 Å². The monoisotopic (exact) mass is 520 g/mol. The van der Waals surface area contributed by atoms with Gasteiger partial charge in [0.1, 0.15) is 17.6 Å². The van der Waals surface area contributed by atoms with Crippen LogP contribution in [0.15, 0.2) is 60.7 Å². The van der Waals surface area contributed by atoms with E-state index in [-0.39, 0.29) is 11.8 Å². The summed E-state index contributed by atoms with van der Waals surface area (Å²) in [5.74, 6) is 1.91. The van der Waals surface area contributed by atoms with E-state index in [2.05, 4.69) is 63.9 Å². The van der Waals surface area contributed by atoms with E-state index in [9.17, 15) is 4.79 Å². The van der Waals surface area contributed by atoms with Crippen molar-refractivity contribution in [2.24, 2.45) is 0 Å². The Balaban J connectivity index is 1.06. The van der Waals surface area contributed by atoms with Crippen molar-refractivity contribution < 1.29 is 14.3 Å². The fraction of sp³-hybridized carbons (Fsp3) is 0.312. The van der Waals surface area contributed by atoms with Gasteiger partial charge in [-0.3, -0.25) is 9.89 Å². The van der Waals surface area contributed by atoms with Gasteiger partial charge in [0.25, 0.3) is 0 Å². The van der Waals surface area contributed by atoms with Gasteiger partial charge >= 0.3 is 0 Å². The van der Waals surface area contributed by atoms with Gasteiger partial charge in [-0.2, -0.15) is 5.10 Å². The molecule has 7 heteroatoms. The molecule has 1 spiro atoms. The van der Waals surface area contributed by atoms with Crippen molar-refractivity contribution in [2.45, 2.75) is 36.7 Å². The van der Waals surface area contributed by atoms with Gasteiger partial charge in [0.05, 0.1) is 23.7 Å². The van der Waals surface area contributed by atoms with Gasteiger partial charge in [-0.1, -0.05) is 30.3 Å². The SMILES string of the molecule is COc1ccc2c(c1)[C@]1(C[C@H]1c1ccc3c(C=Cc4ccc(OC5CCN(C)CC5)cc4)n[nH]c3c1)C(=O)N2. The molecular formula is C32H32N4O3. The molecule has 0 bridgehead atoms. The molecule has 7 rings (SSSR count). The normalized spacial score (nSPS) is 22.9. The number of aromatic amines is 1. The second-order valence-electron chi connectivity index (χ2n) is 11.0. The number of hydrogen-bond donors (Lipinski definition) is 2. The number of aromatic nitrogens is 2. The number of H-pyrrole nitrogens is 1. The number of fused-ring (bicyclic) bond motifs is 3. The van der Waals surface area contributed by atoms with Crippen molar-refractivity contribution in [3.8, 4) is 11.5 Å². The highest BCUT2D eigenvalue weighted by molar-refractivity contribution is 6.10. The van der Waals surface area contributed by atoms with Crippen molar-refractivity contribution in [1.29, 1.82) is 0 Å². The smallest absolute Gasteiger partial charge is 0.235 e. The summed E-state index contributed by atoms with van der Waals surface area (Å²) in [6.07, 6.45) is 7.35. The number of likely N-dealkylation sites (tertiary alicyclic amines) is 1. The minimum atomic E-state index is -0.510. The van der Waals surface area contributed by atoms with E-state index < -0.39 is 5.41 Å². The van der Waals surface area contributed by atoms with E-state index in [1.807, 2.05) is 36.4 Å². The van der Waals surface area contributed by atoms with E-state index in [0.717, 1.165) is 82.8 Å². The average Bonchev–Trinajstić information content (AvgIpc) is 3.50. The van der Waals surface area contributed by atoms with Crippen LogP contribution >= 0.6 is 0 Å². The van der Waals surface area contributed by atoms with Gasteiger partial charge in [0.15, 0.2) is 0 Å². The number of ether oxygens (including phenoxy) is 2. The van der Waals surface area contributed by atoms with Crippen molar-refractivity contribution in [3.63, 3.8) is 0 Å². The summed E-state index contributed by atoms with van der Waals surface area (Å²) in [5, 5.41) is 11.9. The van der Waals surface area contributed by atoms with Gasteiger partial charge in [-0.05, 0) is 85.5 Å².